The highest BCUT2D eigenvalue weighted by Gasteiger charge is 2.30. The van der Waals surface area contributed by atoms with Crippen LogP contribution in [0, 0.1) is 13.8 Å². The number of hydrogen-bond acceptors (Lipinski definition) is 5. The van der Waals surface area contributed by atoms with Gasteiger partial charge in [0, 0.05) is 12.2 Å². The minimum absolute atomic E-state index is 0.0321. The van der Waals surface area contributed by atoms with E-state index < -0.39 is 23.7 Å². The molecule has 27 heavy (non-hydrogen) atoms. The van der Waals surface area contributed by atoms with E-state index in [1.807, 2.05) is 39.8 Å². The van der Waals surface area contributed by atoms with Gasteiger partial charge in [0.15, 0.2) is 0 Å². The van der Waals surface area contributed by atoms with Crippen molar-refractivity contribution in [3.05, 3.63) is 28.8 Å². The second kappa shape index (κ2) is 8.74. The number of carbonyl (C=O) groups is 2. The molecule has 1 amide bonds. The van der Waals surface area contributed by atoms with Crippen molar-refractivity contribution < 1.29 is 24.2 Å². The fraction of sp³-hybridized carbons (Fsp3) is 0.619. The van der Waals surface area contributed by atoms with Gasteiger partial charge >= 0.3 is 12.1 Å². The molecule has 0 unspecified atom stereocenters. The molecule has 0 heterocycles. The zero-order valence-electron chi connectivity index (χ0n) is 17.7. The number of aryl methyl sites for hydroxylation is 2. The second-order valence-electron chi connectivity index (χ2n) is 8.55. The van der Waals surface area contributed by atoms with E-state index in [2.05, 4.69) is 5.32 Å². The number of hydrogen-bond donors (Lipinski definition) is 2. The summed E-state index contributed by atoms with van der Waals surface area (Å²) in [5, 5.41) is 11.9. The predicted octanol–water partition coefficient (Wildman–Crippen LogP) is 3.78. The fourth-order valence-electron chi connectivity index (χ4n) is 2.89. The average molecular weight is 379 g/mol. The van der Waals surface area contributed by atoms with Crippen LogP contribution in [0.5, 0.6) is 5.75 Å². The number of aliphatic hydroxyl groups is 1. The monoisotopic (exact) mass is 379 g/mol. The van der Waals surface area contributed by atoms with Gasteiger partial charge in [0.05, 0.1) is 0 Å². The van der Waals surface area contributed by atoms with Crippen molar-refractivity contribution in [2.45, 2.75) is 78.9 Å². The Kier molecular flexibility index (Phi) is 7.43. The van der Waals surface area contributed by atoms with E-state index in [1.54, 1.807) is 27.7 Å². The van der Waals surface area contributed by atoms with Gasteiger partial charge < -0.3 is 19.9 Å². The summed E-state index contributed by atoms with van der Waals surface area (Å²) in [6.07, 6.45) is -0.137. The zero-order chi connectivity index (χ0) is 21.0. The molecular weight excluding hydrogens is 346 g/mol. The van der Waals surface area contributed by atoms with E-state index in [-0.39, 0.29) is 12.0 Å². The van der Waals surface area contributed by atoms with Crippen LogP contribution in [0.1, 0.15) is 64.7 Å². The fourth-order valence-corrected chi connectivity index (χ4v) is 2.89. The van der Waals surface area contributed by atoms with Crippen LogP contribution in [0.15, 0.2) is 12.1 Å². The van der Waals surface area contributed by atoms with Gasteiger partial charge in [-0.1, -0.05) is 26.0 Å². The molecule has 1 aromatic rings. The smallest absolute Gasteiger partial charge is 0.408 e. The Hall–Kier alpha value is -2.08. The molecule has 152 valence electrons. The predicted molar refractivity (Wildman–Crippen MR) is 105 cm³/mol. The number of amides is 1. The molecule has 6 heteroatoms. The summed E-state index contributed by atoms with van der Waals surface area (Å²) in [6.45, 7) is 14.7. The molecule has 0 spiro atoms. The molecular formula is C21H33NO5. The van der Waals surface area contributed by atoms with Crippen molar-refractivity contribution in [2.24, 2.45) is 0 Å². The molecule has 0 aliphatic heterocycles. The summed E-state index contributed by atoms with van der Waals surface area (Å²) in [7, 11) is 0. The van der Waals surface area contributed by atoms with Crippen molar-refractivity contribution in [1.29, 1.82) is 0 Å². The van der Waals surface area contributed by atoms with Gasteiger partial charge in [0.1, 0.15) is 17.4 Å². The van der Waals surface area contributed by atoms with Crippen LogP contribution in [-0.4, -0.2) is 35.4 Å². The SMILES string of the molecule is Cc1ccc(C)c(C(C)(C)CCO)c1OC(=O)[C@H](C)NC(=O)OC(C)(C)C. The van der Waals surface area contributed by atoms with Crippen molar-refractivity contribution in [3.8, 4) is 5.75 Å². The molecule has 0 radical (unpaired) electrons. The van der Waals surface area contributed by atoms with Crippen LogP contribution in [0.25, 0.3) is 0 Å². The van der Waals surface area contributed by atoms with Gasteiger partial charge in [-0.3, -0.25) is 0 Å². The second-order valence-corrected chi connectivity index (χ2v) is 8.55. The van der Waals surface area contributed by atoms with Gasteiger partial charge in [-0.2, -0.15) is 0 Å². The van der Waals surface area contributed by atoms with E-state index in [9.17, 15) is 14.7 Å². The van der Waals surface area contributed by atoms with Crippen molar-refractivity contribution in [3.63, 3.8) is 0 Å². The normalized spacial score (nSPS) is 13.1. The summed E-state index contributed by atoms with van der Waals surface area (Å²) >= 11 is 0. The lowest BCUT2D eigenvalue weighted by atomic mass is 9.78. The van der Waals surface area contributed by atoms with Crippen LogP contribution in [0.4, 0.5) is 4.79 Å². The average Bonchev–Trinajstić information content (AvgIpc) is 2.48. The van der Waals surface area contributed by atoms with E-state index >= 15 is 0 Å². The first-order valence-electron chi connectivity index (χ1n) is 9.21. The molecule has 0 aliphatic carbocycles. The van der Waals surface area contributed by atoms with Crippen LogP contribution in [0.3, 0.4) is 0 Å². The van der Waals surface area contributed by atoms with E-state index in [0.717, 1.165) is 16.7 Å². The van der Waals surface area contributed by atoms with Crippen molar-refractivity contribution >= 4 is 12.1 Å². The first-order valence-corrected chi connectivity index (χ1v) is 9.21. The maximum Gasteiger partial charge on any atom is 0.408 e. The Morgan fingerprint density at radius 2 is 1.67 bits per heavy atom. The summed E-state index contributed by atoms with van der Waals surface area (Å²) in [6, 6.07) is 3.00. The molecule has 0 aromatic heterocycles. The Labute approximate surface area is 162 Å². The lowest BCUT2D eigenvalue weighted by Crippen LogP contribution is -2.43. The van der Waals surface area contributed by atoms with Gasteiger partial charge in [-0.25, -0.2) is 9.59 Å². The molecule has 0 saturated carbocycles. The zero-order valence-corrected chi connectivity index (χ0v) is 17.7. The molecule has 0 saturated heterocycles. The minimum atomic E-state index is -0.867. The number of aliphatic hydroxyl groups excluding tert-OH is 1. The van der Waals surface area contributed by atoms with Crippen LogP contribution >= 0.6 is 0 Å². The number of esters is 1. The molecule has 2 N–H and O–H groups in total. The summed E-state index contributed by atoms with van der Waals surface area (Å²) < 4.78 is 10.9. The van der Waals surface area contributed by atoms with Crippen LogP contribution in [0.2, 0.25) is 0 Å². The number of alkyl carbamates (subject to hydrolysis) is 1. The first-order chi connectivity index (χ1) is 12.3. The quantitative estimate of drug-likeness (QED) is 0.580. The minimum Gasteiger partial charge on any atom is -0.444 e. The molecule has 0 bridgehead atoms. The van der Waals surface area contributed by atoms with Crippen molar-refractivity contribution in [1.82, 2.24) is 5.32 Å². The van der Waals surface area contributed by atoms with Gasteiger partial charge in [-0.15, -0.1) is 0 Å². The Bertz CT molecular complexity index is 689. The third-order valence-electron chi connectivity index (χ3n) is 4.27. The molecule has 1 atom stereocenters. The number of benzene rings is 1. The largest absolute Gasteiger partial charge is 0.444 e. The molecule has 0 aliphatic rings. The lowest BCUT2D eigenvalue weighted by Gasteiger charge is -2.30. The van der Waals surface area contributed by atoms with Gasteiger partial charge in [0.2, 0.25) is 0 Å². The Morgan fingerprint density at radius 1 is 1.11 bits per heavy atom. The number of nitrogens with one attached hydrogen (secondary N) is 1. The van der Waals surface area contributed by atoms with E-state index in [0.29, 0.717) is 12.2 Å². The Morgan fingerprint density at radius 3 is 2.19 bits per heavy atom. The number of carbonyl (C=O) groups excluding carboxylic acids is 2. The third-order valence-corrected chi connectivity index (χ3v) is 4.27. The molecule has 0 fully saturated rings. The maximum atomic E-state index is 12.6. The molecule has 6 nitrogen and oxygen atoms in total. The lowest BCUT2D eigenvalue weighted by molar-refractivity contribution is -0.136. The summed E-state index contributed by atoms with van der Waals surface area (Å²) in [4.78, 5) is 24.5. The van der Waals surface area contributed by atoms with Crippen molar-refractivity contribution in [2.75, 3.05) is 6.61 Å². The standard InChI is InChI=1S/C21H33NO5/c1-13-9-10-14(2)17(16(13)21(7,8)11-12-23)26-18(24)15(3)22-19(25)27-20(4,5)6/h9-10,15,23H,11-12H2,1-8H3,(H,22,25)/t15-/m0/s1. The molecule has 1 rings (SSSR count). The van der Waals surface area contributed by atoms with Crippen LogP contribution in [-0.2, 0) is 14.9 Å². The first kappa shape index (κ1) is 23.0. The Balaban J connectivity index is 3.06. The van der Waals surface area contributed by atoms with Gasteiger partial charge in [-0.05, 0) is 64.5 Å². The topological polar surface area (TPSA) is 84.9 Å². The highest BCUT2D eigenvalue weighted by atomic mass is 16.6. The van der Waals surface area contributed by atoms with Gasteiger partial charge in [0.25, 0.3) is 0 Å². The van der Waals surface area contributed by atoms with E-state index in [1.165, 1.54) is 0 Å². The van der Waals surface area contributed by atoms with Crippen LogP contribution < -0.4 is 10.1 Å². The third kappa shape index (κ3) is 6.54. The summed E-state index contributed by atoms with van der Waals surface area (Å²) in [5.74, 6) is -0.0908. The highest BCUT2D eigenvalue weighted by molar-refractivity contribution is 5.83. The number of rotatable bonds is 6. The molecule has 1 aromatic carbocycles. The van der Waals surface area contributed by atoms with E-state index in [4.69, 9.17) is 9.47 Å². The summed E-state index contributed by atoms with van der Waals surface area (Å²) in [5.41, 5.74) is 1.66. The highest BCUT2D eigenvalue weighted by Crippen LogP contribution is 2.39. The number of ether oxygens (including phenoxy) is 2. The maximum absolute atomic E-state index is 12.6.